The van der Waals surface area contributed by atoms with Crippen LogP contribution in [0.2, 0.25) is 0 Å². The van der Waals surface area contributed by atoms with Crippen molar-refractivity contribution in [1.29, 1.82) is 0 Å². The SMILES string of the molecule is CC(N)CC(=O)Nc1ccccc1-c1cccs1. The van der Waals surface area contributed by atoms with Gasteiger partial charge in [0.05, 0.1) is 0 Å². The number of anilines is 1. The average molecular weight is 260 g/mol. The number of para-hydroxylation sites is 1. The van der Waals surface area contributed by atoms with Crippen molar-refractivity contribution in [3.05, 3.63) is 41.8 Å². The summed E-state index contributed by atoms with van der Waals surface area (Å²) in [6.07, 6.45) is 0.332. The maximum absolute atomic E-state index is 11.8. The van der Waals surface area contributed by atoms with Gasteiger partial charge in [0.25, 0.3) is 0 Å². The van der Waals surface area contributed by atoms with Gasteiger partial charge in [0.1, 0.15) is 0 Å². The maximum atomic E-state index is 11.8. The van der Waals surface area contributed by atoms with Crippen molar-refractivity contribution in [2.45, 2.75) is 19.4 Å². The summed E-state index contributed by atoms with van der Waals surface area (Å²) in [5.41, 5.74) is 7.51. The molecule has 1 aromatic carbocycles. The second-order valence-electron chi connectivity index (χ2n) is 4.25. The zero-order valence-electron chi connectivity index (χ0n) is 10.2. The molecule has 94 valence electrons. The number of thiophene rings is 1. The lowest BCUT2D eigenvalue weighted by atomic mass is 10.1. The van der Waals surface area contributed by atoms with Gasteiger partial charge in [-0.2, -0.15) is 0 Å². The summed E-state index contributed by atoms with van der Waals surface area (Å²) in [7, 11) is 0. The van der Waals surface area contributed by atoms with E-state index in [1.807, 2.05) is 48.7 Å². The largest absolute Gasteiger partial charge is 0.327 e. The third-order valence-corrected chi connectivity index (χ3v) is 3.40. The molecule has 0 aliphatic rings. The van der Waals surface area contributed by atoms with E-state index in [2.05, 4.69) is 5.32 Å². The molecule has 2 rings (SSSR count). The van der Waals surface area contributed by atoms with Gasteiger partial charge >= 0.3 is 0 Å². The zero-order valence-corrected chi connectivity index (χ0v) is 11.0. The first-order valence-corrected chi connectivity index (χ1v) is 6.73. The van der Waals surface area contributed by atoms with Crippen molar-refractivity contribution in [1.82, 2.24) is 0 Å². The molecule has 3 N–H and O–H groups in total. The second-order valence-corrected chi connectivity index (χ2v) is 5.20. The Morgan fingerprint density at radius 1 is 1.33 bits per heavy atom. The number of nitrogens with one attached hydrogen (secondary N) is 1. The zero-order chi connectivity index (χ0) is 13.0. The molecular formula is C14H16N2OS. The molecule has 0 aliphatic carbocycles. The Bertz CT molecular complexity index is 520. The van der Waals surface area contributed by atoms with Crippen molar-refractivity contribution in [3.63, 3.8) is 0 Å². The highest BCUT2D eigenvalue weighted by molar-refractivity contribution is 7.13. The van der Waals surface area contributed by atoms with Gasteiger partial charge in [-0.25, -0.2) is 0 Å². The van der Waals surface area contributed by atoms with Crippen LogP contribution in [0.1, 0.15) is 13.3 Å². The summed E-state index contributed by atoms with van der Waals surface area (Å²) < 4.78 is 0. The molecule has 0 spiro atoms. The van der Waals surface area contributed by atoms with Crippen LogP contribution in [0.5, 0.6) is 0 Å². The minimum absolute atomic E-state index is 0.0472. The molecule has 2 aromatic rings. The normalized spacial score (nSPS) is 12.1. The van der Waals surface area contributed by atoms with Gasteiger partial charge in [0.2, 0.25) is 5.91 Å². The van der Waals surface area contributed by atoms with Crippen molar-refractivity contribution < 1.29 is 4.79 Å². The molecule has 1 heterocycles. The van der Waals surface area contributed by atoms with Crippen LogP contribution < -0.4 is 11.1 Å². The smallest absolute Gasteiger partial charge is 0.225 e. The van der Waals surface area contributed by atoms with Gasteiger partial charge in [-0.15, -0.1) is 11.3 Å². The predicted molar refractivity (Wildman–Crippen MR) is 76.7 cm³/mol. The van der Waals surface area contributed by atoms with Crippen molar-refractivity contribution >= 4 is 22.9 Å². The number of carbonyl (C=O) groups excluding carboxylic acids is 1. The van der Waals surface area contributed by atoms with E-state index in [1.165, 1.54) is 0 Å². The lowest BCUT2D eigenvalue weighted by Gasteiger charge is -2.11. The Morgan fingerprint density at radius 2 is 2.11 bits per heavy atom. The van der Waals surface area contributed by atoms with Crippen molar-refractivity contribution in [3.8, 4) is 10.4 Å². The maximum Gasteiger partial charge on any atom is 0.225 e. The molecule has 3 nitrogen and oxygen atoms in total. The quantitative estimate of drug-likeness (QED) is 0.887. The van der Waals surface area contributed by atoms with Gasteiger partial charge in [-0.3, -0.25) is 4.79 Å². The van der Waals surface area contributed by atoms with Crippen molar-refractivity contribution in [2.75, 3.05) is 5.32 Å². The molecule has 0 saturated heterocycles. The molecule has 1 amide bonds. The Balaban J connectivity index is 2.21. The minimum atomic E-state index is -0.126. The highest BCUT2D eigenvalue weighted by Gasteiger charge is 2.10. The Labute approximate surface area is 111 Å². The molecule has 1 unspecified atom stereocenters. The van der Waals surface area contributed by atoms with Gasteiger partial charge < -0.3 is 11.1 Å². The number of nitrogens with two attached hydrogens (primary N) is 1. The van der Waals surface area contributed by atoms with E-state index >= 15 is 0 Å². The van der Waals surface area contributed by atoms with E-state index in [-0.39, 0.29) is 11.9 Å². The van der Waals surface area contributed by atoms with E-state index in [0.717, 1.165) is 16.1 Å². The Kier molecular flexibility index (Phi) is 4.12. The second kappa shape index (κ2) is 5.80. The van der Waals surface area contributed by atoms with Gasteiger partial charge in [-0.05, 0) is 24.4 Å². The number of hydrogen-bond donors (Lipinski definition) is 2. The number of amides is 1. The highest BCUT2D eigenvalue weighted by atomic mass is 32.1. The first-order chi connectivity index (χ1) is 8.66. The fraction of sp³-hybridized carbons (Fsp3) is 0.214. The van der Waals surface area contributed by atoms with Crippen LogP contribution in [-0.4, -0.2) is 11.9 Å². The van der Waals surface area contributed by atoms with E-state index < -0.39 is 0 Å². The van der Waals surface area contributed by atoms with Gasteiger partial charge in [0, 0.05) is 28.6 Å². The summed E-state index contributed by atoms with van der Waals surface area (Å²) in [4.78, 5) is 12.9. The molecule has 0 bridgehead atoms. The summed E-state index contributed by atoms with van der Waals surface area (Å²) >= 11 is 1.66. The molecular weight excluding hydrogens is 244 g/mol. The topological polar surface area (TPSA) is 55.1 Å². The summed E-state index contributed by atoms with van der Waals surface area (Å²) in [5, 5.41) is 4.94. The van der Waals surface area contributed by atoms with Crippen LogP contribution in [0, 0.1) is 0 Å². The van der Waals surface area contributed by atoms with Crippen LogP contribution >= 0.6 is 11.3 Å². The third-order valence-electron chi connectivity index (χ3n) is 2.50. The Hall–Kier alpha value is -1.65. The standard InChI is InChI=1S/C14H16N2OS/c1-10(15)9-14(17)16-12-6-3-2-5-11(12)13-7-4-8-18-13/h2-8,10H,9,15H2,1H3,(H,16,17). The molecule has 18 heavy (non-hydrogen) atoms. The van der Waals surface area contributed by atoms with Crippen LogP contribution in [0.25, 0.3) is 10.4 Å². The van der Waals surface area contributed by atoms with Crippen LogP contribution in [0.4, 0.5) is 5.69 Å². The van der Waals surface area contributed by atoms with E-state index in [1.54, 1.807) is 11.3 Å². The predicted octanol–water partition coefficient (Wildman–Crippen LogP) is 3.09. The lowest BCUT2D eigenvalue weighted by molar-refractivity contribution is -0.116. The van der Waals surface area contributed by atoms with Crippen LogP contribution in [0.3, 0.4) is 0 Å². The molecule has 0 fully saturated rings. The fourth-order valence-corrected chi connectivity index (χ4v) is 2.50. The molecule has 4 heteroatoms. The lowest BCUT2D eigenvalue weighted by Crippen LogP contribution is -2.24. The molecule has 1 atom stereocenters. The third kappa shape index (κ3) is 3.18. The summed E-state index contributed by atoms with van der Waals surface area (Å²) in [6, 6.07) is 11.7. The van der Waals surface area contributed by atoms with Crippen LogP contribution in [0.15, 0.2) is 41.8 Å². The van der Waals surface area contributed by atoms with Gasteiger partial charge in [0.15, 0.2) is 0 Å². The van der Waals surface area contributed by atoms with Crippen LogP contribution in [-0.2, 0) is 4.79 Å². The monoisotopic (exact) mass is 260 g/mol. The van der Waals surface area contributed by atoms with Crippen molar-refractivity contribution in [2.24, 2.45) is 5.73 Å². The number of hydrogen-bond acceptors (Lipinski definition) is 3. The van der Waals surface area contributed by atoms with Gasteiger partial charge in [-0.1, -0.05) is 24.3 Å². The molecule has 0 radical (unpaired) electrons. The summed E-state index contributed by atoms with van der Waals surface area (Å²) in [5.74, 6) is -0.0472. The molecule has 0 saturated carbocycles. The highest BCUT2D eigenvalue weighted by Crippen LogP contribution is 2.31. The first-order valence-electron chi connectivity index (χ1n) is 5.85. The van der Waals surface area contributed by atoms with E-state index in [9.17, 15) is 4.79 Å². The number of benzene rings is 1. The van der Waals surface area contributed by atoms with E-state index in [0.29, 0.717) is 6.42 Å². The summed E-state index contributed by atoms with van der Waals surface area (Å²) in [6.45, 7) is 1.82. The fourth-order valence-electron chi connectivity index (χ4n) is 1.73. The Morgan fingerprint density at radius 3 is 2.78 bits per heavy atom. The molecule has 1 aromatic heterocycles. The van der Waals surface area contributed by atoms with E-state index in [4.69, 9.17) is 5.73 Å². The first kappa shape index (κ1) is 12.8. The average Bonchev–Trinajstić information content (AvgIpc) is 2.81. The minimum Gasteiger partial charge on any atom is -0.327 e. The number of rotatable bonds is 4. The number of carbonyl (C=O) groups is 1. The molecule has 0 aliphatic heterocycles.